The van der Waals surface area contributed by atoms with Gasteiger partial charge in [0.15, 0.2) is 5.96 Å². The Morgan fingerprint density at radius 1 is 1.32 bits per heavy atom. The van der Waals surface area contributed by atoms with Gasteiger partial charge in [0.2, 0.25) is 0 Å². The number of halogens is 1. The third-order valence-electron chi connectivity index (χ3n) is 4.13. The van der Waals surface area contributed by atoms with Gasteiger partial charge in [0, 0.05) is 32.3 Å². The van der Waals surface area contributed by atoms with Crippen LogP contribution in [0.3, 0.4) is 0 Å². The van der Waals surface area contributed by atoms with Gasteiger partial charge in [0.1, 0.15) is 0 Å². The first-order chi connectivity index (χ1) is 11.5. The highest BCUT2D eigenvalue weighted by atomic mass is 127. The fraction of sp³-hybridized carbons (Fsp3) is 0.944. The van der Waals surface area contributed by atoms with Gasteiger partial charge < -0.3 is 25.0 Å². The number of nitrogens with one attached hydrogen (secondary N) is 2. The number of likely N-dealkylation sites (N-methyl/N-ethyl adjacent to an activating group) is 1. The fourth-order valence-electron chi connectivity index (χ4n) is 2.70. The summed E-state index contributed by atoms with van der Waals surface area (Å²) in [6, 6.07) is 0.478. The fourth-order valence-corrected chi connectivity index (χ4v) is 2.70. The van der Waals surface area contributed by atoms with Crippen LogP contribution in [0.5, 0.6) is 0 Å². The maximum Gasteiger partial charge on any atom is 0.191 e. The second-order valence-corrected chi connectivity index (χ2v) is 7.10. The maximum absolute atomic E-state index is 5.79. The molecule has 1 fully saturated rings. The Morgan fingerprint density at radius 2 is 2.08 bits per heavy atom. The Morgan fingerprint density at radius 3 is 2.64 bits per heavy atom. The van der Waals surface area contributed by atoms with Gasteiger partial charge in [-0.25, -0.2) is 0 Å². The van der Waals surface area contributed by atoms with Gasteiger partial charge in [0.25, 0.3) is 0 Å². The van der Waals surface area contributed by atoms with Gasteiger partial charge in [-0.3, -0.25) is 4.99 Å². The number of aliphatic imine (C=N–C) groups is 1. The SMILES string of the molecule is CCNC(=NCC(CC(C)C)N(C)C)NCCCOC1CCOC1.I. The standard InChI is InChI=1S/C18H38N4O2.HI/c1-6-19-18(21-13-16(22(4)5)12-15(2)3)20-9-7-10-24-17-8-11-23-14-17;/h15-17H,6-14H2,1-5H3,(H2,19,20,21);1H. The van der Waals surface area contributed by atoms with Crippen LogP contribution in [0.15, 0.2) is 4.99 Å². The predicted molar refractivity (Wildman–Crippen MR) is 116 cm³/mol. The summed E-state index contributed by atoms with van der Waals surface area (Å²) < 4.78 is 11.1. The summed E-state index contributed by atoms with van der Waals surface area (Å²) in [7, 11) is 4.26. The van der Waals surface area contributed by atoms with E-state index in [0.29, 0.717) is 18.1 Å². The first-order valence-corrected chi connectivity index (χ1v) is 9.40. The van der Waals surface area contributed by atoms with E-state index >= 15 is 0 Å². The van der Waals surface area contributed by atoms with Gasteiger partial charge >= 0.3 is 0 Å². The predicted octanol–water partition coefficient (Wildman–Crippen LogP) is 2.33. The lowest BCUT2D eigenvalue weighted by atomic mass is 10.0. The van der Waals surface area contributed by atoms with Crippen LogP contribution in [0.1, 0.15) is 40.0 Å². The monoisotopic (exact) mass is 470 g/mol. The summed E-state index contributed by atoms with van der Waals surface area (Å²) in [5.74, 6) is 1.58. The van der Waals surface area contributed by atoms with E-state index in [1.807, 2.05) is 0 Å². The highest BCUT2D eigenvalue weighted by Gasteiger charge is 2.15. The normalized spacial score (nSPS) is 19.2. The van der Waals surface area contributed by atoms with Crippen LogP contribution >= 0.6 is 24.0 Å². The quantitative estimate of drug-likeness (QED) is 0.210. The summed E-state index contributed by atoms with van der Waals surface area (Å²) in [5.41, 5.74) is 0. The van der Waals surface area contributed by atoms with Gasteiger partial charge in [-0.1, -0.05) is 13.8 Å². The van der Waals surface area contributed by atoms with Gasteiger partial charge in [-0.05, 0) is 46.2 Å². The van der Waals surface area contributed by atoms with Crippen LogP contribution in [0.2, 0.25) is 0 Å². The van der Waals surface area contributed by atoms with Crippen molar-refractivity contribution in [2.45, 2.75) is 52.2 Å². The third kappa shape index (κ3) is 12.0. The molecule has 0 aromatic rings. The summed E-state index contributed by atoms with van der Waals surface area (Å²) in [6.45, 7) is 11.5. The van der Waals surface area contributed by atoms with Gasteiger partial charge in [-0.15, -0.1) is 24.0 Å². The molecule has 0 radical (unpaired) electrons. The molecule has 150 valence electrons. The topological polar surface area (TPSA) is 58.1 Å². The average Bonchev–Trinajstić information content (AvgIpc) is 3.03. The largest absolute Gasteiger partial charge is 0.379 e. The number of rotatable bonds is 11. The zero-order chi connectivity index (χ0) is 17.8. The van der Waals surface area contributed by atoms with E-state index in [1.165, 1.54) is 0 Å². The van der Waals surface area contributed by atoms with Crippen molar-refractivity contribution in [3.63, 3.8) is 0 Å². The van der Waals surface area contributed by atoms with Crippen LogP contribution in [-0.4, -0.2) is 76.6 Å². The van der Waals surface area contributed by atoms with E-state index in [9.17, 15) is 0 Å². The second kappa shape index (κ2) is 15.0. The van der Waals surface area contributed by atoms with Crippen LogP contribution in [0.4, 0.5) is 0 Å². The van der Waals surface area contributed by atoms with E-state index in [1.54, 1.807) is 0 Å². The Kier molecular flexibility index (Phi) is 14.9. The third-order valence-corrected chi connectivity index (χ3v) is 4.13. The van der Waals surface area contributed by atoms with E-state index in [4.69, 9.17) is 14.5 Å². The van der Waals surface area contributed by atoms with Crippen molar-refractivity contribution in [3.8, 4) is 0 Å². The lowest BCUT2D eigenvalue weighted by molar-refractivity contribution is 0.0420. The summed E-state index contributed by atoms with van der Waals surface area (Å²) in [5, 5.41) is 6.72. The molecule has 1 aliphatic rings. The van der Waals surface area contributed by atoms with Gasteiger partial charge in [-0.2, -0.15) is 0 Å². The first-order valence-electron chi connectivity index (χ1n) is 9.40. The highest BCUT2D eigenvalue weighted by Crippen LogP contribution is 2.09. The second-order valence-electron chi connectivity index (χ2n) is 7.10. The van der Waals surface area contributed by atoms with E-state index in [2.05, 4.69) is 50.4 Å². The van der Waals surface area contributed by atoms with Crippen molar-refractivity contribution in [1.29, 1.82) is 0 Å². The Bertz CT molecular complexity index is 348. The van der Waals surface area contributed by atoms with Crippen LogP contribution in [0.25, 0.3) is 0 Å². The highest BCUT2D eigenvalue weighted by molar-refractivity contribution is 14.0. The Balaban J connectivity index is 0.00000576. The molecule has 0 aromatic heterocycles. The molecule has 0 aromatic carbocycles. The van der Waals surface area contributed by atoms with Crippen LogP contribution < -0.4 is 10.6 Å². The first kappa shape index (κ1) is 24.9. The molecule has 2 unspecified atom stereocenters. The summed E-state index contributed by atoms with van der Waals surface area (Å²) >= 11 is 0. The zero-order valence-corrected chi connectivity index (χ0v) is 19.0. The summed E-state index contributed by atoms with van der Waals surface area (Å²) in [6.07, 6.45) is 3.46. The molecule has 6 nitrogen and oxygen atoms in total. The molecular formula is C18H39IN4O2. The minimum Gasteiger partial charge on any atom is -0.379 e. The molecule has 1 saturated heterocycles. The van der Waals surface area contributed by atoms with E-state index in [-0.39, 0.29) is 24.0 Å². The molecule has 1 aliphatic heterocycles. The smallest absolute Gasteiger partial charge is 0.191 e. The molecule has 2 atom stereocenters. The van der Waals surface area contributed by atoms with Crippen molar-refractivity contribution >= 4 is 29.9 Å². The molecule has 2 N–H and O–H groups in total. The molecule has 1 rings (SSSR count). The molecule has 0 spiro atoms. The number of guanidine groups is 1. The Hall–Kier alpha value is -0.120. The molecule has 0 amide bonds. The lowest BCUT2D eigenvalue weighted by Gasteiger charge is -2.24. The molecule has 0 bridgehead atoms. The number of hydrogen-bond acceptors (Lipinski definition) is 4. The van der Waals surface area contributed by atoms with Crippen LogP contribution in [0, 0.1) is 5.92 Å². The maximum atomic E-state index is 5.79. The Labute approximate surface area is 171 Å². The summed E-state index contributed by atoms with van der Waals surface area (Å²) in [4.78, 5) is 7.02. The van der Waals surface area contributed by atoms with Crippen molar-refractivity contribution < 1.29 is 9.47 Å². The number of nitrogens with zero attached hydrogens (tertiary/aromatic N) is 2. The molecule has 1 heterocycles. The molecule has 7 heteroatoms. The molecular weight excluding hydrogens is 431 g/mol. The van der Waals surface area contributed by atoms with Gasteiger partial charge in [0.05, 0.1) is 19.3 Å². The minimum absolute atomic E-state index is 0. The van der Waals surface area contributed by atoms with Crippen molar-refractivity contribution in [2.24, 2.45) is 10.9 Å². The van der Waals surface area contributed by atoms with Crippen LogP contribution in [-0.2, 0) is 9.47 Å². The molecule has 25 heavy (non-hydrogen) atoms. The zero-order valence-electron chi connectivity index (χ0n) is 16.7. The molecule has 0 aliphatic carbocycles. The van der Waals surface area contributed by atoms with E-state index in [0.717, 1.165) is 64.7 Å². The molecule has 0 saturated carbocycles. The van der Waals surface area contributed by atoms with Crippen molar-refractivity contribution in [2.75, 3.05) is 53.6 Å². The van der Waals surface area contributed by atoms with Crippen molar-refractivity contribution in [1.82, 2.24) is 15.5 Å². The minimum atomic E-state index is 0. The van der Waals surface area contributed by atoms with E-state index < -0.39 is 0 Å². The van der Waals surface area contributed by atoms with Crippen molar-refractivity contribution in [3.05, 3.63) is 0 Å². The lowest BCUT2D eigenvalue weighted by Crippen LogP contribution is -2.40. The number of ether oxygens (including phenoxy) is 2. The average molecular weight is 470 g/mol. The number of hydrogen-bond donors (Lipinski definition) is 2.